The average Bonchev–Trinajstić information content (AvgIpc) is 3.46. The second-order valence-corrected chi connectivity index (χ2v) is 10.7. The van der Waals surface area contributed by atoms with E-state index in [1.165, 1.54) is 59.9 Å². The third kappa shape index (κ3) is 3.71. The molecule has 0 atom stereocenters. The highest BCUT2D eigenvalue weighted by atomic mass is 16.4. The second kappa shape index (κ2) is 9.16. The summed E-state index contributed by atoms with van der Waals surface area (Å²) in [7, 11) is 0. The summed E-state index contributed by atoms with van der Waals surface area (Å²) in [5.41, 5.74) is 12.2. The highest BCUT2D eigenvalue weighted by Crippen LogP contribution is 2.46. The Morgan fingerprint density at radius 2 is 1.83 bits per heavy atom. The van der Waals surface area contributed by atoms with Gasteiger partial charge in [-0.05, 0) is 54.9 Å². The zero-order valence-electron chi connectivity index (χ0n) is 20.7. The molecule has 1 amide bonds. The molecule has 36 heavy (non-hydrogen) atoms. The van der Waals surface area contributed by atoms with E-state index in [2.05, 4.69) is 57.5 Å². The Kier molecular flexibility index (Phi) is 5.82. The Labute approximate surface area is 211 Å². The standard InChI is InChI=1S/C30H34N4O2/c31-29(33-36)30(16-6-7-17-30)32-28(35)22-14-15-24-25(19-22)34-18-8-12-20-9-4-5-13-23(20)27(34)26(24)21-10-2-1-3-11-21/h4-5,8-9,12-15,19,21,36H,1-3,6-7,10-11,16-18H2,(H2,31,33)(H,32,35). The number of fused-ring (bicyclic) bond motifs is 5. The summed E-state index contributed by atoms with van der Waals surface area (Å²) < 4.78 is 2.40. The van der Waals surface area contributed by atoms with E-state index < -0.39 is 5.54 Å². The molecule has 6 rings (SSSR count). The van der Waals surface area contributed by atoms with Crippen LogP contribution in [0.2, 0.25) is 0 Å². The van der Waals surface area contributed by atoms with Gasteiger partial charge in [0.25, 0.3) is 5.91 Å². The lowest BCUT2D eigenvalue weighted by molar-refractivity contribution is 0.0923. The number of allylic oxidation sites excluding steroid dienone is 1. The maximum Gasteiger partial charge on any atom is 0.252 e. The molecule has 6 heteroatoms. The van der Waals surface area contributed by atoms with Crippen LogP contribution in [0.1, 0.15) is 85.2 Å². The molecule has 2 heterocycles. The SMILES string of the molecule is N/C(=N\O)C1(NC(=O)c2ccc3c(C4CCCCC4)c4n(c3c2)CC=Cc2ccccc2-4)CCCC1. The van der Waals surface area contributed by atoms with E-state index in [9.17, 15) is 10.0 Å². The number of aromatic nitrogens is 1. The van der Waals surface area contributed by atoms with Gasteiger partial charge in [-0.1, -0.05) is 79.7 Å². The summed E-state index contributed by atoms with van der Waals surface area (Å²) in [5.74, 6) is 0.447. The van der Waals surface area contributed by atoms with Crippen LogP contribution in [0.5, 0.6) is 0 Å². The van der Waals surface area contributed by atoms with Crippen LogP contribution < -0.4 is 11.1 Å². The maximum absolute atomic E-state index is 13.5. The van der Waals surface area contributed by atoms with Gasteiger partial charge >= 0.3 is 0 Å². The van der Waals surface area contributed by atoms with E-state index >= 15 is 0 Å². The van der Waals surface area contributed by atoms with E-state index in [0.29, 0.717) is 24.3 Å². The summed E-state index contributed by atoms with van der Waals surface area (Å²) in [5, 5.41) is 17.0. The van der Waals surface area contributed by atoms with Crippen LogP contribution in [-0.2, 0) is 6.54 Å². The lowest BCUT2D eigenvalue weighted by Crippen LogP contribution is -2.55. The van der Waals surface area contributed by atoms with Crippen LogP contribution in [-0.4, -0.2) is 27.1 Å². The first-order valence-corrected chi connectivity index (χ1v) is 13.3. The predicted molar refractivity (Wildman–Crippen MR) is 144 cm³/mol. The number of benzene rings is 2. The molecule has 0 radical (unpaired) electrons. The van der Waals surface area contributed by atoms with Gasteiger partial charge < -0.3 is 20.8 Å². The molecule has 0 unspecified atom stereocenters. The fourth-order valence-electron chi connectivity index (χ4n) is 6.75. The molecule has 2 fully saturated rings. The molecule has 0 spiro atoms. The van der Waals surface area contributed by atoms with Gasteiger partial charge in [-0.2, -0.15) is 0 Å². The number of amides is 1. The zero-order valence-corrected chi connectivity index (χ0v) is 20.7. The minimum Gasteiger partial charge on any atom is -0.409 e. The lowest BCUT2D eigenvalue weighted by atomic mass is 9.81. The number of carbonyl (C=O) groups excluding carboxylic acids is 1. The molecule has 3 aromatic rings. The molecule has 186 valence electrons. The normalized spacial score (nSPS) is 19.6. The maximum atomic E-state index is 13.5. The van der Waals surface area contributed by atoms with Crippen molar-refractivity contribution in [3.05, 3.63) is 65.2 Å². The summed E-state index contributed by atoms with van der Waals surface area (Å²) >= 11 is 0. The predicted octanol–water partition coefficient (Wildman–Crippen LogP) is 6.17. The van der Waals surface area contributed by atoms with Crippen molar-refractivity contribution < 1.29 is 10.0 Å². The number of hydrogen-bond acceptors (Lipinski definition) is 3. The molecule has 1 aliphatic heterocycles. The lowest BCUT2D eigenvalue weighted by Gasteiger charge is -2.28. The van der Waals surface area contributed by atoms with Gasteiger partial charge in [-0.15, -0.1) is 0 Å². The van der Waals surface area contributed by atoms with Crippen LogP contribution >= 0.6 is 0 Å². The number of nitrogens with one attached hydrogen (secondary N) is 1. The van der Waals surface area contributed by atoms with Crippen LogP contribution in [0, 0.1) is 0 Å². The van der Waals surface area contributed by atoms with Gasteiger partial charge in [0.05, 0.1) is 5.69 Å². The molecule has 3 aliphatic rings. The first kappa shape index (κ1) is 22.9. The van der Waals surface area contributed by atoms with Crippen LogP contribution in [0.4, 0.5) is 0 Å². The van der Waals surface area contributed by atoms with Gasteiger partial charge in [0.2, 0.25) is 0 Å². The van der Waals surface area contributed by atoms with Crippen molar-refractivity contribution in [3.8, 4) is 11.3 Å². The van der Waals surface area contributed by atoms with Crippen molar-refractivity contribution in [1.29, 1.82) is 0 Å². The number of carbonyl (C=O) groups is 1. The Morgan fingerprint density at radius 3 is 2.61 bits per heavy atom. The van der Waals surface area contributed by atoms with Gasteiger partial charge in [0, 0.05) is 28.6 Å². The van der Waals surface area contributed by atoms with Gasteiger partial charge in [-0.25, -0.2) is 0 Å². The van der Waals surface area contributed by atoms with Crippen LogP contribution in [0.25, 0.3) is 28.2 Å². The second-order valence-electron chi connectivity index (χ2n) is 10.7. The molecule has 6 nitrogen and oxygen atoms in total. The van der Waals surface area contributed by atoms with E-state index in [4.69, 9.17) is 5.73 Å². The fraction of sp³-hybridized carbons (Fsp3) is 0.400. The van der Waals surface area contributed by atoms with E-state index in [1.807, 2.05) is 12.1 Å². The highest BCUT2D eigenvalue weighted by Gasteiger charge is 2.40. The third-order valence-corrected chi connectivity index (χ3v) is 8.59. The minimum atomic E-state index is -0.772. The smallest absolute Gasteiger partial charge is 0.252 e. The molecule has 0 saturated heterocycles. The molecule has 4 N–H and O–H groups in total. The summed E-state index contributed by atoms with van der Waals surface area (Å²) in [4.78, 5) is 13.5. The molecular weight excluding hydrogens is 448 g/mol. The van der Waals surface area contributed by atoms with Crippen molar-refractivity contribution in [2.45, 2.75) is 75.8 Å². The van der Waals surface area contributed by atoms with Gasteiger partial charge in [0.15, 0.2) is 5.84 Å². The third-order valence-electron chi connectivity index (χ3n) is 8.59. The minimum absolute atomic E-state index is 0.0901. The number of hydrogen-bond donors (Lipinski definition) is 3. The highest BCUT2D eigenvalue weighted by molar-refractivity contribution is 6.04. The molecule has 2 aromatic carbocycles. The zero-order chi connectivity index (χ0) is 24.7. The van der Waals surface area contributed by atoms with Crippen molar-refractivity contribution in [1.82, 2.24) is 9.88 Å². The molecule has 1 aromatic heterocycles. The van der Waals surface area contributed by atoms with E-state index in [0.717, 1.165) is 24.9 Å². The van der Waals surface area contributed by atoms with E-state index in [1.54, 1.807) is 0 Å². The van der Waals surface area contributed by atoms with E-state index in [-0.39, 0.29) is 11.7 Å². The van der Waals surface area contributed by atoms with Crippen LogP contribution in [0.3, 0.4) is 0 Å². The van der Waals surface area contributed by atoms with Gasteiger partial charge in [-0.3, -0.25) is 4.79 Å². The van der Waals surface area contributed by atoms with Crippen molar-refractivity contribution in [3.63, 3.8) is 0 Å². The Bertz CT molecular complexity index is 1370. The Balaban J connectivity index is 1.48. The molecular formula is C30H34N4O2. The number of nitrogens with zero attached hydrogens (tertiary/aromatic N) is 2. The number of rotatable bonds is 4. The number of nitrogens with two attached hydrogens (primary N) is 1. The van der Waals surface area contributed by atoms with Gasteiger partial charge in [0.1, 0.15) is 5.54 Å². The monoisotopic (exact) mass is 482 g/mol. The average molecular weight is 483 g/mol. The number of oxime groups is 1. The van der Waals surface area contributed by atoms with Crippen molar-refractivity contribution in [2.75, 3.05) is 0 Å². The molecule has 2 aliphatic carbocycles. The fourth-order valence-corrected chi connectivity index (χ4v) is 6.75. The summed E-state index contributed by atoms with van der Waals surface area (Å²) in [6.45, 7) is 0.770. The van der Waals surface area contributed by atoms with Crippen LogP contribution in [0.15, 0.2) is 53.7 Å². The van der Waals surface area contributed by atoms with Crippen molar-refractivity contribution >= 4 is 28.7 Å². The Morgan fingerprint density at radius 1 is 1.06 bits per heavy atom. The largest absolute Gasteiger partial charge is 0.409 e. The summed E-state index contributed by atoms with van der Waals surface area (Å²) in [6.07, 6.45) is 14.0. The van der Waals surface area contributed by atoms with Crippen molar-refractivity contribution in [2.24, 2.45) is 10.9 Å². The number of amidine groups is 1. The quantitative estimate of drug-likeness (QED) is 0.180. The first-order chi connectivity index (χ1) is 17.6. The molecule has 2 saturated carbocycles. The topological polar surface area (TPSA) is 92.6 Å². The Hall–Kier alpha value is -3.54. The molecule has 0 bridgehead atoms. The summed E-state index contributed by atoms with van der Waals surface area (Å²) in [6, 6.07) is 14.8. The first-order valence-electron chi connectivity index (χ1n) is 13.3.